The fourth-order valence-corrected chi connectivity index (χ4v) is 1.48. The fraction of sp³-hybridized carbons (Fsp3) is 0.462. The molecule has 1 amide bonds. The number of aromatic hydroxyl groups is 1. The van der Waals surface area contributed by atoms with E-state index in [9.17, 15) is 9.90 Å². The Morgan fingerprint density at radius 1 is 1.53 bits per heavy atom. The van der Waals surface area contributed by atoms with Crippen molar-refractivity contribution in [3.63, 3.8) is 0 Å². The lowest BCUT2D eigenvalue weighted by molar-refractivity contribution is -0.118. The van der Waals surface area contributed by atoms with Gasteiger partial charge in [-0.15, -0.1) is 0 Å². The molecule has 1 rings (SSSR count). The standard InChI is InChI=1S/C13H20N2O2/c1-4-9(3)12(14)13(17)15-10-7-8(2)5-6-11(10)16/h5-7,9,12,16H,4,14H2,1-3H3,(H,15,17). The number of anilines is 1. The minimum Gasteiger partial charge on any atom is -0.506 e. The van der Waals surface area contributed by atoms with Crippen LogP contribution in [0.25, 0.3) is 0 Å². The minimum absolute atomic E-state index is 0.0558. The summed E-state index contributed by atoms with van der Waals surface area (Å²) in [6, 6.07) is 4.50. The zero-order valence-corrected chi connectivity index (χ0v) is 10.5. The SMILES string of the molecule is CCC(C)C(N)C(=O)Nc1cc(C)ccc1O. The molecular weight excluding hydrogens is 216 g/mol. The van der Waals surface area contributed by atoms with E-state index in [1.54, 1.807) is 18.2 Å². The topological polar surface area (TPSA) is 75.4 Å². The van der Waals surface area contributed by atoms with Gasteiger partial charge < -0.3 is 16.2 Å². The second-order valence-corrected chi connectivity index (χ2v) is 4.42. The van der Waals surface area contributed by atoms with Gasteiger partial charge in [0.1, 0.15) is 5.75 Å². The third-order valence-electron chi connectivity index (χ3n) is 2.97. The normalized spacial score (nSPS) is 14.1. The van der Waals surface area contributed by atoms with Gasteiger partial charge >= 0.3 is 0 Å². The van der Waals surface area contributed by atoms with Crippen molar-refractivity contribution in [1.82, 2.24) is 0 Å². The van der Waals surface area contributed by atoms with Crippen LogP contribution in [0.2, 0.25) is 0 Å². The molecule has 0 aliphatic carbocycles. The summed E-state index contributed by atoms with van der Waals surface area (Å²) in [5.74, 6) is -0.0949. The van der Waals surface area contributed by atoms with Crippen LogP contribution >= 0.6 is 0 Å². The minimum atomic E-state index is -0.556. The highest BCUT2D eigenvalue weighted by Crippen LogP contribution is 2.24. The van der Waals surface area contributed by atoms with Gasteiger partial charge in [0, 0.05) is 0 Å². The molecule has 4 heteroatoms. The number of carbonyl (C=O) groups excluding carboxylic acids is 1. The van der Waals surface area contributed by atoms with Crippen LogP contribution in [0.4, 0.5) is 5.69 Å². The maximum absolute atomic E-state index is 11.8. The fourth-order valence-electron chi connectivity index (χ4n) is 1.48. The second-order valence-electron chi connectivity index (χ2n) is 4.42. The first kappa shape index (κ1) is 13.5. The predicted octanol–water partition coefficient (Wildman–Crippen LogP) is 2.01. The molecular formula is C13H20N2O2. The molecule has 2 atom stereocenters. The average molecular weight is 236 g/mol. The van der Waals surface area contributed by atoms with E-state index in [4.69, 9.17) is 5.73 Å². The summed E-state index contributed by atoms with van der Waals surface area (Å²) in [5, 5.41) is 12.3. The molecule has 0 aliphatic heterocycles. The Labute approximate surface area is 102 Å². The molecule has 0 spiro atoms. The van der Waals surface area contributed by atoms with Gasteiger partial charge in [-0.3, -0.25) is 4.79 Å². The van der Waals surface area contributed by atoms with Crippen molar-refractivity contribution in [1.29, 1.82) is 0 Å². The van der Waals surface area contributed by atoms with Crippen LogP contribution in [0.3, 0.4) is 0 Å². The first-order chi connectivity index (χ1) is 7.95. The van der Waals surface area contributed by atoms with Crippen LogP contribution in [0.15, 0.2) is 18.2 Å². The molecule has 1 aromatic rings. The van der Waals surface area contributed by atoms with E-state index in [0.717, 1.165) is 12.0 Å². The van der Waals surface area contributed by atoms with Crippen LogP contribution in [0, 0.1) is 12.8 Å². The van der Waals surface area contributed by atoms with E-state index in [2.05, 4.69) is 5.32 Å². The first-order valence-electron chi connectivity index (χ1n) is 5.81. The zero-order chi connectivity index (χ0) is 13.0. The highest BCUT2D eigenvalue weighted by Gasteiger charge is 2.20. The van der Waals surface area contributed by atoms with Crippen LogP contribution in [-0.2, 0) is 4.79 Å². The lowest BCUT2D eigenvalue weighted by Crippen LogP contribution is -2.40. The molecule has 2 unspecified atom stereocenters. The number of hydrogen-bond acceptors (Lipinski definition) is 3. The summed E-state index contributed by atoms with van der Waals surface area (Å²) >= 11 is 0. The van der Waals surface area contributed by atoms with Crippen molar-refractivity contribution in [3.05, 3.63) is 23.8 Å². The summed E-state index contributed by atoms with van der Waals surface area (Å²) in [6.07, 6.45) is 0.842. The van der Waals surface area contributed by atoms with Crippen LogP contribution < -0.4 is 11.1 Å². The number of phenols is 1. The van der Waals surface area contributed by atoms with E-state index >= 15 is 0 Å². The molecule has 0 heterocycles. The van der Waals surface area contributed by atoms with Gasteiger partial charge in [-0.05, 0) is 30.5 Å². The van der Waals surface area contributed by atoms with Crippen LogP contribution in [0.5, 0.6) is 5.75 Å². The lowest BCUT2D eigenvalue weighted by atomic mass is 9.99. The largest absolute Gasteiger partial charge is 0.506 e. The molecule has 17 heavy (non-hydrogen) atoms. The van der Waals surface area contributed by atoms with E-state index in [0.29, 0.717) is 5.69 Å². The molecule has 0 aromatic heterocycles. The predicted molar refractivity (Wildman–Crippen MR) is 68.9 cm³/mol. The highest BCUT2D eigenvalue weighted by molar-refractivity contribution is 5.96. The Hall–Kier alpha value is -1.55. The Kier molecular flexibility index (Phi) is 4.52. The number of phenolic OH excluding ortho intramolecular Hbond substituents is 1. The molecule has 94 valence electrons. The average Bonchev–Trinajstić information content (AvgIpc) is 2.31. The molecule has 4 nitrogen and oxygen atoms in total. The Morgan fingerprint density at radius 3 is 2.76 bits per heavy atom. The zero-order valence-electron chi connectivity index (χ0n) is 10.5. The highest BCUT2D eigenvalue weighted by atomic mass is 16.3. The van der Waals surface area contributed by atoms with Crippen molar-refractivity contribution < 1.29 is 9.90 Å². The molecule has 0 saturated heterocycles. The Bertz CT molecular complexity index is 404. The van der Waals surface area contributed by atoms with Crippen molar-refractivity contribution >= 4 is 11.6 Å². The maximum atomic E-state index is 11.8. The third-order valence-corrected chi connectivity index (χ3v) is 2.97. The van der Waals surface area contributed by atoms with E-state index in [-0.39, 0.29) is 17.6 Å². The monoisotopic (exact) mass is 236 g/mol. The molecule has 0 radical (unpaired) electrons. The third kappa shape index (κ3) is 3.46. The van der Waals surface area contributed by atoms with Gasteiger partial charge in [0.25, 0.3) is 0 Å². The molecule has 0 saturated carbocycles. The first-order valence-corrected chi connectivity index (χ1v) is 5.81. The van der Waals surface area contributed by atoms with Crippen LogP contribution in [0.1, 0.15) is 25.8 Å². The Morgan fingerprint density at radius 2 is 2.18 bits per heavy atom. The van der Waals surface area contributed by atoms with Crippen molar-refractivity contribution in [2.45, 2.75) is 33.2 Å². The lowest BCUT2D eigenvalue weighted by Gasteiger charge is -2.18. The van der Waals surface area contributed by atoms with Gasteiger partial charge in [-0.25, -0.2) is 0 Å². The van der Waals surface area contributed by atoms with Crippen LogP contribution in [-0.4, -0.2) is 17.1 Å². The van der Waals surface area contributed by atoms with Crippen molar-refractivity contribution in [2.75, 3.05) is 5.32 Å². The van der Waals surface area contributed by atoms with E-state index in [1.807, 2.05) is 20.8 Å². The summed E-state index contributed by atoms with van der Waals surface area (Å²) in [5.41, 5.74) is 7.19. The van der Waals surface area contributed by atoms with Crippen molar-refractivity contribution in [2.24, 2.45) is 11.7 Å². The van der Waals surface area contributed by atoms with Gasteiger partial charge in [0.05, 0.1) is 11.7 Å². The molecule has 0 aliphatic rings. The molecule has 1 aromatic carbocycles. The van der Waals surface area contributed by atoms with Gasteiger partial charge in [0.2, 0.25) is 5.91 Å². The maximum Gasteiger partial charge on any atom is 0.241 e. The summed E-state index contributed by atoms with van der Waals surface area (Å²) < 4.78 is 0. The molecule has 0 fully saturated rings. The van der Waals surface area contributed by atoms with E-state index < -0.39 is 6.04 Å². The summed E-state index contributed by atoms with van der Waals surface area (Å²) in [4.78, 5) is 11.8. The van der Waals surface area contributed by atoms with Crippen molar-refractivity contribution in [3.8, 4) is 5.75 Å². The number of benzene rings is 1. The van der Waals surface area contributed by atoms with E-state index in [1.165, 1.54) is 0 Å². The number of nitrogens with one attached hydrogen (secondary N) is 1. The number of carbonyl (C=O) groups is 1. The number of hydrogen-bond donors (Lipinski definition) is 3. The molecule has 0 bridgehead atoms. The summed E-state index contributed by atoms with van der Waals surface area (Å²) in [6.45, 7) is 5.81. The smallest absolute Gasteiger partial charge is 0.241 e. The Balaban J connectivity index is 2.77. The number of amides is 1. The quantitative estimate of drug-likeness (QED) is 0.700. The number of nitrogens with two attached hydrogens (primary N) is 1. The van der Waals surface area contributed by atoms with Gasteiger partial charge in [0.15, 0.2) is 0 Å². The second kappa shape index (κ2) is 5.68. The molecule has 4 N–H and O–H groups in total. The number of rotatable bonds is 4. The summed E-state index contributed by atoms with van der Waals surface area (Å²) in [7, 11) is 0. The van der Waals surface area contributed by atoms with Gasteiger partial charge in [-0.2, -0.15) is 0 Å². The number of aryl methyl sites for hydroxylation is 1. The van der Waals surface area contributed by atoms with Gasteiger partial charge in [-0.1, -0.05) is 26.3 Å².